The highest BCUT2D eigenvalue weighted by Crippen LogP contribution is 2.42. The summed E-state index contributed by atoms with van der Waals surface area (Å²) < 4.78 is 6.51. The zero-order valence-corrected chi connectivity index (χ0v) is 28.4. The van der Waals surface area contributed by atoms with Crippen LogP contribution in [0.1, 0.15) is 0 Å². The Morgan fingerprint density at radius 1 is 0.308 bits per heavy atom. The molecule has 0 fully saturated rings. The first-order chi connectivity index (χ1) is 25.8. The Morgan fingerprint density at radius 2 is 0.808 bits per heavy atom. The summed E-state index contributed by atoms with van der Waals surface area (Å²) in [4.78, 5) is 2.35. The molecule has 10 rings (SSSR count). The highest BCUT2D eigenvalue weighted by atomic mass is 16.3. The summed E-state index contributed by atoms with van der Waals surface area (Å²) in [5.74, 6) is 0. The van der Waals surface area contributed by atoms with E-state index in [4.69, 9.17) is 4.42 Å². The molecule has 0 aliphatic carbocycles. The van der Waals surface area contributed by atoms with Crippen LogP contribution in [0, 0.1) is 0 Å². The van der Waals surface area contributed by atoms with E-state index in [1.807, 2.05) is 6.07 Å². The van der Waals surface area contributed by atoms with Crippen LogP contribution in [0.3, 0.4) is 0 Å². The van der Waals surface area contributed by atoms with Crippen molar-refractivity contribution in [1.82, 2.24) is 0 Å². The van der Waals surface area contributed by atoms with Crippen molar-refractivity contribution in [1.29, 1.82) is 0 Å². The molecular weight excluding hydrogens is 631 g/mol. The fraction of sp³-hybridized carbons (Fsp3) is 0. The molecule has 0 aliphatic rings. The number of furan rings is 1. The average Bonchev–Trinajstić information content (AvgIpc) is 3.61. The van der Waals surface area contributed by atoms with Gasteiger partial charge in [-0.25, -0.2) is 0 Å². The van der Waals surface area contributed by atoms with E-state index in [-0.39, 0.29) is 0 Å². The number of hydrogen-bond acceptors (Lipinski definition) is 2. The molecule has 2 heteroatoms. The Balaban J connectivity index is 1.09. The Bertz CT molecular complexity index is 2870. The molecule has 0 saturated carbocycles. The lowest BCUT2D eigenvalue weighted by atomic mass is 9.98. The summed E-state index contributed by atoms with van der Waals surface area (Å²) in [6.45, 7) is 0. The van der Waals surface area contributed by atoms with Gasteiger partial charge in [0.2, 0.25) is 0 Å². The number of hydrogen-bond donors (Lipinski definition) is 0. The Hall–Kier alpha value is -6.90. The Kier molecular flexibility index (Phi) is 7.18. The summed E-state index contributed by atoms with van der Waals surface area (Å²) in [6, 6.07) is 71.7. The molecular formula is C50H33NO. The highest BCUT2D eigenvalue weighted by molar-refractivity contribution is 6.23. The molecule has 0 bridgehead atoms. The maximum Gasteiger partial charge on any atom is 0.143 e. The fourth-order valence-corrected chi connectivity index (χ4v) is 7.65. The summed E-state index contributed by atoms with van der Waals surface area (Å²) in [7, 11) is 0. The highest BCUT2D eigenvalue weighted by Gasteiger charge is 2.17. The van der Waals surface area contributed by atoms with Crippen molar-refractivity contribution in [2.75, 3.05) is 4.90 Å². The molecule has 1 aromatic heterocycles. The second kappa shape index (κ2) is 12.5. The van der Waals surface area contributed by atoms with E-state index in [9.17, 15) is 0 Å². The van der Waals surface area contributed by atoms with Gasteiger partial charge in [-0.15, -0.1) is 0 Å². The smallest absolute Gasteiger partial charge is 0.143 e. The van der Waals surface area contributed by atoms with E-state index < -0.39 is 0 Å². The lowest BCUT2D eigenvalue weighted by Gasteiger charge is -2.26. The van der Waals surface area contributed by atoms with Crippen molar-refractivity contribution in [3.63, 3.8) is 0 Å². The molecule has 0 aliphatic heterocycles. The van der Waals surface area contributed by atoms with Crippen LogP contribution in [-0.4, -0.2) is 0 Å². The van der Waals surface area contributed by atoms with Gasteiger partial charge in [-0.05, 0) is 104 Å². The van der Waals surface area contributed by atoms with Gasteiger partial charge in [0.15, 0.2) is 0 Å². The van der Waals surface area contributed by atoms with Crippen LogP contribution in [0.15, 0.2) is 205 Å². The first kappa shape index (κ1) is 30.0. The number of anilines is 3. The molecule has 0 radical (unpaired) electrons. The van der Waals surface area contributed by atoms with E-state index in [0.29, 0.717) is 0 Å². The largest absolute Gasteiger partial charge is 0.455 e. The topological polar surface area (TPSA) is 16.4 Å². The molecule has 9 aromatic carbocycles. The quantitative estimate of drug-likeness (QED) is 0.165. The summed E-state index contributed by atoms with van der Waals surface area (Å²) in [6.07, 6.45) is 0. The van der Waals surface area contributed by atoms with Crippen LogP contribution < -0.4 is 4.90 Å². The maximum atomic E-state index is 6.51. The van der Waals surface area contributed by atoms with Crippen LogP contribution in [0.5, 0.6) is 0 Å². The van der Waals surface area contributed by atoms with E-state index in [0.717, 1.165) is 44.4 Å². The minimum absolute atomic E-state index is 0.916. The molecule has 2 nitrogen and oxygen atoms in total. The zero-order chi connectivity index (χ0) is 34.4. The molecule has 0 saturated heterocycles. The van der Waals surface area contributed by atoms with E-state index in [1.54, 1.807) is 0 Å². The van der Waals surface area contributed by atoms with Crippen molar-refractivity contribution >= 4 is 60.5 Å². The van der Waals surface area contributed by atoms with E-state index in [1.165, 1.54) is 49.5 Å². The average molecular weight is 664 g/mol. The van der Waals surface area contributed by atoms with Gasteiger partial charge >= 0.3 is 0 Å². The number of rotatable bonds is 6. The molecule has 0 amide bonds. The first-order valence-corrected chi connectivity index (χ1v) is 17.8. The van der Waals surface area contributed by atoms with Crippen molar-refractivity contribution in [3.8, 4) is 33.4 Å². The summed E-state index contributed by atoms with van der Waals surface area (Å²) in [5.41, 5.74) is 12.3. The second-order valence-corrected chi connectivity index (χ2v) is 13.4. The SMILES string of the molecule is c1ccc(-c2ccc(N(c3ccc(-c4cccc(-c5ccccc5)c4)cc3)c3ccc4c(ccc5ccc6c7ccccc7oc6c54)c3)cc2)cc1. The normalized spacial score (nSPS) is 11.5. The number of benzene rings is 9. The summed E-state index contributed by atoms with van der Waals surface area (Å²) in [5, 5.41) is 6.96. The van der Waals surface area contributed by atoms with Crippen molar-refractivity contribution in [2.24, 2.45) is 0 Å². The van der Waals surface area contributed by atoms with Crippen LogP contribution in [0.2, 0.25) is 0 Å². The fourth-order valence-electron chi connectivity index (χ4n) is 7.65. The predicted octanol–water partition coefficient (Wildman–Crippen LogP) is 14.4. The molecule has 0 atom stereocenters. The van der Waals surface area contributed by atoms with Crippen LogP contribution in [-0.2, 0) is 0 Å². The number of nitrogens with zero attached hydrogens (tertiary/aromatic N) is 1. The number of fused-ring (bicyclic) bond motifs is 7. The van der Waals surface area contributed by atoms with Gasteiger partial charge in [0, 0.05) is 33.2 Å². The molecule has 0 unspecified atom stereocenters. The van der Waals surface area contributed by atoms with E-state index >= 15 is 0 Å². The van der Waals surface area contributed by atoms with Gasteiger partial charge in [0.1, 0.15) is 11.2 Å². The maximum absolute atomic E-state index is 6.51. The minimum Gasteiger partial charge on any atom is -0.455 e. The van der Waals surface area contributed by atoms with Crippen LogP contribution in [0.4, 0.5) is 17.1 Å². The van der Waals surface area contributed by atoms with Crippen LogP contribution >= 0.6 is 0 Å². The molecule has 0 N–H and O–H groups in total. The molecule has 244 valence electrons. The summed E-state index contributed by atoms with van der Waals surface area (Å²) >= 11 is 0. The molecule has 0 spiro atoms. The van der Waals surface area contributed by atoms with Gasteiger partial charge in [-0.3, -0.25) is 0 Å². The third-order valence-corrected chi connectivity index (χ3v) is 10.2. The monoisotopic (exact) mass is 663 g/mol. The lowest BCUT2D eigenvalue weighted by molar-refractivity contribution is 0.673. The molecule has 1 heterocycles. The van der Waals surface area contributed by atoms with Gasteiger partial charge in [0.25, 0.3) is 0 Å². The minimum atomic E-state index is 0.916. The lowest BCUT2D eigenvalue weighted by Crippen LogP contribution is -2.09. The molecule has 10 aromatic rings. The van der Waals surface area contributed by atoms with Crippen LogP contribution in [0.25, 0.3) is 76.9 Å². The number of para-hydroxylation sites is 1. The third kappa shape index (κ3) is 5.21. The van der Waals surface area contributed by atoms with E-state index in [2.05, 4.69) is 199 Å². The zero-order valence-electron chi connectivity index (χ0n) is 28.4. The third-order valence-electron chi connectivity index (χ3n) is 10.2. The molecule has 52 heavy (non-hydrogen) atoms. The van der Waals surface area contributed by atoms with Gasteiger partial charge in [-0.1, -0.05) is 146 Å². The van der Waals surface area contributed by atoms with Gasteiger partial charge in [0.05, 0.1) is 0 Å². The first-order valence-electron chi connectivity index (χ1n) is 17.8. The van der Waals surface area contributed by atoms with Crippen molar-refractivity contribution < 1.29 is 4.42 Å². The Morgan fingerprint density at radius 3 is 1.50 bits per heavy atom. The predicted molar refractivity (Wildman–Crippen MR) is 220 cm³/mol. The van der Waals surface area contributed by atoms with Crippen molar-refractivity contribution in [2.45, 2.75) is 0 Å². The standard InChI is InChI=1S/C50H33NO/c1-3-10-34(11-4-1)36-20-25-42(26-21-36)51(43-27-22-37(23-28-43)40-15-9-14-39(32-40)35-12-5-2-6-13-35)44-29-31-45-41(33-44)19-18-38-24-30-47-46-16-7-8-17-48(46)52-50(47)49(38)45/h1-33H. The van der Waals surface area contributed by atoms with Gasteiger partial charge < -0.3 is 9.32 Å². The van der Waals surface area contributed by atoms with Gasteiger partial charge in [-0.2, -0.15) is 0 Å². The second-order valence-electron chi connectivity index (χ2n) is 13.4. The Labute approximate surface area is 302 Å². The van der Waals surface area contributed by atoms with Crippen molar-refractivity contribution in [3.05, 3.63) is 200 Å².